The summed E-state index contributed by atoms with van der Waals surface area (Å²) < 4.78 is 12.1. The van der Waals surface area contributed by atoms with Crippen LogP contribution in [0.5, 0.6) is 0 Å². The summed E-state index contributed by atoms with van der Waals surface area (Å²) in [5.41, 5.74) is 1.22. The summed E-state index contributed by atoms with van der Waals surface area (Å²) in [6.45, 7) is 5.19. The van der Waals surface area contributed by atoms with Gasteiger partial charge in [0.2, 0.25) is 0 Å². The third-order valence-corrected chi connectivity index (χ3v) is 2.14. The minimum absolute atomic E-state index is 0.125. The first-order valence-corrected chi connectivity index (χ1v) is 5.01. The second kappa shape index (κ2) is 6.26. The zero-order valence-electron chi connectivity index (χ0n) is 9.12. The van der Waals surface area contributed by atoms with Crippen molar-refractivity contribution in [2.75, 3.05) is 6.61 Å². The fourth-order valence-electron chi connectivity index (χ4n) is 1.26. The van der Waals surface area contributed by atoms with Crippen molar-refractivity contribution in [2.24, 2.45) is 0 Å². The summed E-state index contributed by atoms with van der Waals surface area (Å²) in [6, 6.07) is 8.22. The van der Waals surface area contributed by atoms with E-state index >= 15 is 0 Å². The molecule has 0 aromatic heterocycles. The normalized spacial score (nSPS) is 12.9. The molecular weight excluding hydrogens is 171 g/mol. The summed E-state index contributed by atoms with van der Waals surface area (Å²) in [5.74, 6) is 0. The van der Waals surface area contributed by atoms with Crippen LogP contribution in [0.4, 0.5) is 0 Å². The Kier molecular flexibility index (Phi) is 5.28. The van der Waals surface area contributed by atoms with Gasteiger partial charge in [-0.2, -0.15) is 0 Å². The molecule has 14 heavy (non-hydrogen) atoms. The van der Waals surface area contributed by atoms with Crippen LogP contribution < -0.4 is 4.24 Å². The van der Waals surface area contributed by atoms with Crippen molar-refractivity contribution < 1.29 is 9.47 Å². The van der Waals surface area contributed by atoms with Gasteiger partial charge >= 0.3 is 94.6 Å². The number of hydrogen-bond donors (Lipinski definition) is 0. The molecule has 3 heteroatoms. The molecule has 0 heterocycles. The Labute approximate surface area is 94.8 Å². The molecule has 1 rings (SSSR count). The molecular formula is C11H15LiO2. The molecule has 1 unspecified atom stereocenters. The Balaban J connectivity index is 2.41. The zero-order chi connectivity index (χ0) is 10.4. The Morgan fingerprint density at radius 2 is 2.00 bits per heavy atom. The standard InChI is InChI=1S/C11H15O2.Li/c1-3-12-10(2)13-9-11-7-5-4-6-8-11;/h4-7,10H,3,9H2,1-2H3;. The quantitative estimate of drug-likeness (QED) is 0.511. The van der Waals surface area contributed by atoms with Crippen LogP contribution in [0.2, 0.25) is 0 Å². The SMILES string of the molecule is [Li][c]1ccccc1COC(C)OCC. The molecule has 0 saturated carbocycles. The van der Waals surface area contributed by atoms with Gasteiger partial charge in [0.25, 0.3) is 0 Å². The van der Waals surface area contributed by atoms with Gasteiger partial charge in [0.05, 0.1) is 0 Å². The second-order valence-corrected chi connectivity index (χ2v) is 3.26. The first-order valence-electron chi connectivity index (χ1n) is 5.01. The van der Waals surface area contributed by atoms with Gasteiger partial charge in [0.15, 0.2) is 0 Å². The molecule has 0 bridgehead atoms. The molecule has 1 atom stereocenters. The predicted octanol–water partition coefficient (Wildman–Crippen LogP) is 1.38. The van der Waals surface area contributed by atoms with E-state index in [0.29, 0.717) is 13.2 Å². The van der Waals surface area contributed by atoms with E-state index in [1.165, 1.54) is 9.80 Å². The predicted molar refractivity (Wildman–Crippen MR) is 57.7 cm³/mol. The molecule has 0 amide bonds. The van der Waals surface area contributed by atoms with Crippen molar-refractivity contribution in [1.29, 1.82) is 0 Å². The second-order valence-electron chi connectivity index (χ2n) is 3.26. The summed E-state index contributed by atoms with van der Waals surface area (Å²) >= 11 is 2.09. The fourth-order valence-corrected chi connectivity index (χ4v) is 1.26. The van der Waals surface area contributed by atoms with E-state index in [4.69, 9.17) is 9.47 Å². The van der Waals surface area contributed by atoms with E-state index in [2.05, 4.69) is 29.8 Å². The maximum absolute atomic E-state index is 5.53. The molecule has 0 aliphatic heterocycles. The molecule has 0 aliphatic carbocycles. The van der Waals surface area contributed by atoms with Crippen molar-refractivity contribution >= 4 is 22.0 Å². The maximum atomic E-state index is 5.53. The van der Waals surface area contributed by atoms with Gasteiger partial charge in [-0.3, -0.25) is 0 Å². The van der Waals surface area contributed by atoms with Crippen LogP contribution in [-0.4, -0.2) is 30.6 Å². The third kappa shape index (κ3) is 3.85. The van der Waals surface area contributed by atoms with Crippen LogP contribution in [0.3, 0.4) is 0 Å². The molecule has 2 nitrogen and oxygen atoms in total. The summed E-state index contributed by atoms with van der Waals surface area (Å²) in [6.07, 6.45) is -0.125. The number of ether oxygens (including phenoxy) is 2. The third-order valence-electron chi connectivity index (χ3n) is 2.14. The van der Waals surface area contributed by atoms with Crippen LogP contribution in [0, 0.1) is 0 Å². The molecule has 0 aliphatic rings. The molecule has 1 aromatic carbocycles. The molecule has 0 radical (unpaired) electrons. The van der Waals surface area contributed by atoms with Crippen molar-refractivity contribution in [1.82, 2.24) is 0 Å². The van der Waals surface area contributed by atoms with Gasteiger partial charge in [-0.15, -0.1) is 0 Å². The van der Waals surface area contributed by atoms with Crippen LogP contribution >= 0.6 is 0 Å². The molecule has 0 N–H and O–H groups in total. The number of benzene rings is 1. The van der Waals surface area contributed by atoms with E-state index in [1.807, 2.05) is 26.0 Å². The number of rotatable bonds is 5. The van der Waals surface area contributed by atoms with Crippen LogP contribution in [0.1, 0.15) is 19.4 Å². The minimum atomic E-state index is -0.125. The van der Waals surface area contributed by atoms with Gasteiger partial charge in [-0.05, 0) is 0 Å². The van der Waals surface area contributed by atoms with E-state index in [1.54, 1.807) is 0 Å². The Hall–Kier alpha value is -0.263. The van der Waals surface area contributed by atoms with Crippen molar-refractivity contribution in [3.05, 3.63) is 29.8 Å². The molecule has 0 fully saturated rings. The summed E-state index contributed by atoms with van der Waals surface area (Å²) in [4.78, 5) is 0. The van der Waals surface area contributed by atoms with Gasteiger partial charge < -0.3 is 0 Å². The van der Waals surface area contributed by atoms with Crippen molar-refractivity contribution in [3.63, 3.8) is 0 Å². The summed E-state index contributed by atoms with van der Waals surface area (Å²) in [7, 11) is 0. The average Bonchev–Trinajstić information content (AvgIpc) is 2.17. The van der Waals surface area contributed by atoms with Gasteiger partial charge in [0.1, 0.15) is 0 Å². The van der Waals surface area contributed by atoms with Gasteiger partial charge in [-0.25, -0.2) is 0 Å². The molecule has 0 saturated heterocycles. The van der Waals surface area contributed by atoms with Crippen molar-refractivity contribution in [3.8, 4) is 0 Å². The Bertz CT molecular complexity index is 276. The zero-order valence-corrected chi connectivity index (χ0v) is 9.12. The summed E-state index contributed by atoms with van der Waals surface area (Å²) in [5, 5.41) is 0. The topological polar surface area (TPSA) is 18.5 Å². The molecule has 0 spiro atoms. The number of hydrogen-bond acceptors (Lipinski definition) is 2. The fraction of sp³-hybridized carbons (Fsp3) is 0.455. The molecule has 72 valence electrons. The monoisotopic (exact) mass is 186 g/mol. The first-order chi connectivity index (χ1) is 6.74. The Morgan fingerprint density at radius 3 is 2.64 bits per heavy atom. The van der Waals surface area contributed by atoms with E-state index in [-0.39, 0.29) is 6.29 Å². The molecule has 1 aromatic rings. The first kappa shape index (κ1) is 11.8. The van der Waals surface area contributed by atoms with E-state index < -0.39 is 0 Å². The average molecular weight is 186 g/mol. The van der Waals surface area contributed by atoms with E-state index in [0.717, 1.165) is 0 Å². The van der Waals surface area contributed by atoms with Crippen LogP contribution in [0.25, 0.3) is 0 Å². The van der Waals surface area contributed by atoms with Crippen LogP contribution in [-0.2, 0) is 16.1 Å². The van der Waals surface area contributed by atoms with Gasteiger partial charge in [0, 0.05) is 0 Å². The Morgan fingerprint density at radius 1 is 1.29 bits per heavy atom. The van der Waals surface area contributed by atoms with E-state index in [9.17, 15) is 0 Å². The van der Waals surface area contributed by atoms with Crippen LogP contribution in [0.15, 0.2) is 24.3 Å². The van der Waals surface area contributed by atoms with Gasteiger partial charge in [-0.1, -0.05) is 0 Å². The van der Waals surface area contributed by atoms with Crippen molar-refractivity contribution in [2.45, 2.75) is 26.7 Å².